The first-order valence-corrected chi connectivity index (χ1v) is 8.93. The van der Waals surface area contributed by atoms with E-state index in [1.807, 2.05) is 19.1 Å². The molecule has 1 amide bonds. The average Bonchev–Trinajstić information content (AvgIpc) is 3.05. The second kappa shape index (κ2) is 7.69. The van der Waals surface area contributed by atoms with Gasteiger partial charge >= 0.3 is 5.97 Å². The largest absolute Gasteiger partial charge is 0.480 e. The lowest BCUT2D eigenvalue weighted by atomic mass is 10.0. The molecule has 0 bridgehead atoms. The summed E-state index contributed by atoms with van der Waals surface area (Å²) < 4.78 is 1.71. The van der Waals surface area contributed by atoms with Crippen molar-refractivity contribution in [2.75, 3.05) is 0 Å². The number of aliphatic carboxylic acids is 1. The fraction of sp³-hybridized carbons (Fsp3) is 0.421. The van der Waals surface area contributed by atoms with Crippen molar-refractivity contribution in [2.45, 2.75) is 52.2 Å². The molecule has 1 N–H and O–H groups in total. The maximum atomic E-state index is 12.6. The number of carboxylic acids is 1. The van der Waals surface area contributed by atoms with Gasteiger partial charge in [-0.2, -0.15) is 0 Å². The van der Waals surface area contributed by atoms with Crippen molar-refractivity contribution in [3.8, 4) is 0 Å². The minimum absolute atomic E-state index is 0.0364. The predicted molar refractivity (Wildman–Crippen MR) is 96.1 cm³/mol. The third-order valence-electron chi connectivity index (χ3n) is 4.91. The van der Waals surface area contributed by atoms with Crippen LogP contribution >= 0.6 is 0 Å². The fourth-order valence-corrected chi connectivity index (χ4v) is 3.22. The van der Waals surface area contributed by atoms with Crippen LogP contribution in [0.2, 0.25) is 0 Å². The zero-order valence-corrected chi connectivity index (χ0v) is 15.4. The van der Waals surface area contributed by atoms with Gasteiger partial charge in [0.1, 0.15) is 11.9 Å². The smallest absolute Gasteiger partial charge is 0.328 e. The van der Waals surface area contributed by atoms with E-state index in [-0.39, 0.29) is 37.6 Å². The molecule has 1 aromatic heterocycles. The van der Waals surface area contributed by atoms with Crippen molar-refractivity contribution in [2.24, 2.45) is 0 Å². The molecule has 0 spiro atoms. The number of carbonyl (C=O) groups is 3. The van der Waals surface area contributed by atoms with Crippen molar-refractivity contribution in [3.05, 3.63) is 47.0 Å². The van der Waals surface area contributed by atoms with Crippen molar-refractivity contribution < 1.29 is 19.5 Å². The summed E-state index contributed by atoms with van der Waals surface area (Å²) in [6.07, 6.45) is 0.896. The van der Waals surface area contributed by atoms with E-state index in [9.17, 15) is 19.5 Å². The van der Waals surface area contributed by atoms with Crippen LogP contribution in [0, 0.1) is 6.92 Å². The Balaban J connectivity index is 1.67. The van der Waals surface area contributed by atoms with Gasteiger partial charge in [-0.3, -0.25) is 9.59 Å². The number of rotatable bonds is 6. The van der Waals surface area contributed by atoms with Gasteiger partial charge in [0.15, 0.2) is 11.6 Å². The molecule has 1 aliphatic heterocycles. The van der Waals surface area contributed by atoms with Crippen LogP contribution in [0.3, 0.4) is 0 Å². The molecule has 0 saturated carbocycles. The van der Waals surface area contributed by atoms with E-state index in [0.717, 1.165) is 12.0 Å². The van der Waals surface area contributed by atoms with Crippen LogP contribution in [0.5, 0.6) is 0 Å². The molecule has 3 rings (SSSR count). The summed E-state index contributed by atoms with van der Waals surface area (Å²) in [6, 6.07) is 6.33. The van der Waals surface area contributed by atoms with E-state index in [0.29, 0.717) is 17.2 Å². The molecule has 0 radical (unpaired) electrons. The highest BCUT2D eigenvalue weighted by Crippen LogP contribution is 2.20. The maximum Gasteiger partial charge on any atom is 0.328 e. The van der Waals surface area contributed by atoms with E-state index in [1.165, 1.54) is 4.90 Å². The van der Waals surface area contributed by atoms with Crippen molar-refractivity contribution >= 4 is 17.7 Å². The van der Waals surface area contributed by atoms with E-state index in [4.69, 9.17) is 0 Å². The number of ketones is 1. The molecule has 8 nitrogen and oxygen atoms in total. The SMILES string of the molecule is CCc1ccc(C(=O)CCC(=O)N2Cc3nnc(C)n3CC2C(=O)O)cc1. The monoisotopic (exact) mass is 370 g/mol. The molecule has 142 valence electrons. The lowest BCUT2D eigenvalue weighted by molar-refractivity contribution is -0.152. The van der Waals surface area contributed by atoms with Gasteiger partial charge in [-0.15, -0.1) is 10.2 Å². The molecule has 0 aliphatic carbocycles. The summed E-state index contributed by atoms with van der Waals surface area (Å²) in [6.45, 7) is 3.97. The van der Waals surface area contributed by atoms with Gasteiger partial charge in [0.25, 0.3) is 0 Å². The summed E-state index contributed by atoms with van der Waals surface area (Å²) in [7, 11) is 0. The van der Waals surface area contributed by atoms with Gasteiger partial charge in [0.05, 0.1) is 13.1 Å². The lowest BCUT2D eigenvalue weighted by Crippen LogP contribution is -2.50. The third kappa shape index (κ3) is 3.89. The Bertz CT molecular complexity index is 872. The van der Waals surface area contributed by atoms with Crippen LogP contribution in [0.1, 0.15) is 47.3 Å². The first-order valence-electron chi connectivity index (χ1n) is 8.93. The maximum absolute atomic E-state index is 12.6. The number of hydrogen-bond donors (Lipinski definition) is 1. The number of carbonyl (C=O) groups excluding carboxylic acids is 2. The summed E-state index contributed by atoms with van der Waals surface area (Å²) in [4.78, 5) is 37.8. The molecule has 0 saturated heterocycles. The zero-order chi connectivity index (χ0) is 19.6. The molecule has 1 aliphatic rings. The summed E-state index contributed by atoms with van der Waals surface area (Å²) in [5.41, 5.74) is 1.70. The van der Waals surface area contributed by atoms with Crippen LogP contribution in [0.4, 0.5) is 0 Å². The number of Topliss-reactive ketones (excluding diaryl/α,β-unsaturated/α-hetero) is 1. The standard InChI is InChI=1S/C19H22N4O4/c1-3-13-4-6-14(7-5-13)16(24)8-9-18(25)23-11-17-21-20-12(2)22(17)10-15(23)19(26)27/h4-7,15H,3,8-11H2,1-2H3,(H,26,27). The van der Waals surface area contributed by atoms with Gasteiger partial charge in [0.2, 0.25) is 5.91 Å². The predicted octanol–water partition coefficient (Wildman–Crippen LogP) is 1.61. The number of carboxylic acid groups (broad SMARTS) is 1. The minimum atomic E-state index is -1.08. The number of aromatic nitrogens is 3. The lowest BCUT2D eigenvalue weighted by Gasteiger charge is -2.33. The topological polar surface area (TPSA) is 105 Å². The molecular weight excluding hydrogens is 348 g/mol. The molecular formula is C19H22N4O4. The Morgan fingerprint density at radius 1 is 1.15 bits per heavy atom. The molecule has 1 aromatic carbocycles. The minimum Gasteiger partial charge on any atom is -0.480 e. The van der Waals surface area contributed by atoms with Crippen LogP contribution in [-0.4, -0.2) is 48.5 Å². The average molecular weight is 370 g/mol. The van der Waals surface area contributed by atoms with Crippen LogP contribution in [0.25, 0.3) is 0 Å². The van der Waals surface area contributed by atoms with E-state index in [1.54, 1.807) is 23.6 Å². The number of nitrogens with zero attached hydrogens (tertiary/aromatic N) is 4. The van der Waals surface area contributed by atoms with Gasteiger partial charge in [-0.1, -0.05) is 31.2 Å². The molecule has 0 fully saturated rings. The molecule has 27 heavy (non-hydrogen) atoms. The normalized spacial score (nSPS) is 16.1. The van der Waals surface area contributed by atoms with Crippen molar-refractivity contribution in [3.63, 3.8) is 0 Å². The number of hydrogen-bond acceptors (Lipinski definition) is 5. The quantitative estimate of drug-likeness (QED) is 0.775. The van der Waals surface area contributed by atoms with Gasteiger partial charge in [-0.25, -0.2) is 4.79 Å². The van der Waals surface area contributed by atoms with Crippen molar-refractivity contribution in [1.82, 2.24) is 19.7 Å². The second-order valence-corrected chi connectivity index (χ2v) is 6.62. The van der Waals surface area contributed by atoms with Gasteiger partial charge in [0, 0.05) is 18.4 Å². The number of fused-ring (bicyclic) bond motifs is 1. The first-order chi connectivity index (χ1) is 12.9. The molecule has 2 heterocycles. The van der Waals surface area contributed by atoms with Crippen LogP contribution < -0.4 is 0 Å². The first kappa shape index (κ1) is 18.8. The molecule has 1 unspecified atom stereocenters. The Morgan fingerprint density at radius 3 is 2.48 bits per heavy atom. The number of aryl methyl sites for hydroxylation is 2. The highest BCUT2D eigenvalue weighted by molar-refractivity contribution is 5.98. The molecule has 2 aromatic rings. The highest BCUT2D eigenvalue weighted by Gasteiger charge is 2.36. The molecule has 8 heteroatoms. The van der Waals surface area contributed by atoms with Gasteiger partial charge in [-0.05, 0) is 18.9 Å². The number of amides is 1. The van der Waals surface area contributed by atoms with E-state index in [2.05, 4.69) is 10.2 Å². The van der Waals surface area contributed by atoms with Gasteiger partial charge < -0.3 is 14.6 Å². The van der Waals surface area contributed by atoms with Crippen LogP contribution in [0.15, 0.2) is 24.3 Å². The highest BCUT2D eigenvalue weighted by atomic mass is 16.4. The Kier molecular flexibility index (Phi) is 5.34. The van der Waals surface area contributed by atoms with Crippen LogP contribution in [-0.2, 0) is 29.1 Å². The third-order valence-corrected chi connectivity index (χ3v) is 4.91. The Labute approximate surface area is 156 Å². The molecule has 1 atom stereocenters. The summed E-state index contributed by atoms with van der Waals surface area (Å²) in [5, 5.41) is 17.4. The Hall–Kier alpha value is -3.03. The second-order valence-electron chi connectivity index (χ2n) is 6.62. The van der Waals surface area contributed by atoms with E-state index >= 15 is 0 Å². The van der Waals surface area contributed by atoms with Crippen molar-refractivity contribution in [1.29, 1.82) is 0 Å². The fourth-order valence-electron chi connectivity index (χ4n) is 3.22. The van der Waals surface area contributed by atoms with E-state index < -0.39 is 12.0 Å². The summed E-state index contributed by atoms with van der Waals surface area (Å²) in [5.74, 6) is -0.404. The Morgan fingerprint density at radius 2 is 1.85 bits per heavy atom. The summed E-state index contributed by atoms with van der Waals surface area (Å²) >= 11 is 0. The zero-order valence-electron chi connectivity index (χ0n) is 15.4. The number of benzene rings is 1.